The number of amides is 1. The molecule has 1 atom stereocenters. The van der Waals surface area contributed by atoms with Gasteiger partial charge in [-0.3, -0.25) is 4.79 Å². The van der Waals surface area contributed by atoms with Crippen molar-refractivity contribution in [2.24, 2.45) is 11.7 Å². The van der Waals surface area contributed by atoms with Crippen LogP contribution in [0.4, 0.5) is 0 Å². The van der Waals surface area contributed by atoms with Crippen LogP contribution in [0.15, 0.2) is 22.7 Å². The molecule has 1 aromatic rings. The van der Waals surface area contributed by atoms with Crippen LogP contribution in [-0.4, -0.2) is 16.9 Å². The summed E-state index contributed by atoms with van der Waals surface area (Å²) >= 11 is 14.2. The predicted octanol–water partition coefficient (Wildman–Crippen LogP) is 3.14. The van der Waals surface area contributed by atoms with Gasteiger partial charge in [0.15, 0.2) is 0 Å². The lowest BCUT2D eigenvalue weighted by molar-refractivity contribution is 0.0940. The monoisotopic (exact) mass is 348 g/mol. The Kier molecular flexibility index (Phi) is 5.56. The highest BCUT2D eigenvalue weighted by atomic mass is 79.9. The SMILES string of the molecule is CC(C)C(NC(=O)c1ccc(Br)c(Cl)c1)C(N)=S. The first kappa shape index (κ1) is 15.4. The van der Waals surface area contributed by atoms with Gasteiger partial charge < -0.3 is 11.1 Å². The van der Waals surface area contributed by atoms with Crippen LogP contribution >= 0.6 is 39.7 Å². The van der Waals surface area contributed by atoms with E-state index in [2.05, 4.69) is 21.2 Å². The molecular weight excluding hydrogens is 336 g/mol. The van der Waals surface area contributed by atoms with Gasteiger partial charge in [0.05, 0.1) is 16.1 Å². The molecule has 3 nitrogen and oxygen atoms in total. The van der Waals surface area contributed by atoms with Crippen LogP contribution in [-0.2, 0) is 0 Å². The molecule has 6 heteroatoms. The molecule has 1 amide bonds. The summed E-state index contributed by atoms with van der Waals surface area (Å²) < 4.78 is 0.746. The number of halogens is 2. The van der Waals surface area contributed by atoms with Crippen molar-refractivity contribution >= 4 is 50.6 Å². The summed E-state index contributed by atoms with van der Waals surface area (Å²) in [6.07, 6.45) is 0. The van der Waals surface area contributed by atoms with Crippen molar-refractivity contribution in [2.75, 3.05) is 0 Å². The molecule has 0 aliphatic heterocycles. The third-order valence-corrected chi connectivity index (χ3v) is 3.93. The quantitative estimate of drug-likeness (QED) is 0.821. The Labute approximate surface area is 125 Å². The standard InChI is InChI=1S/C12H14BrClN2OS/c1-6(2)10(11(15)18)16-12(17)7-3-4-8(13)9(14)5-7/h3-6,10H,1-2H3,(H2,15,18)(H,16,17). The molecule has 0 bridgehead atoms. The van der Waals surface area contributed by atoms with Crippen molar-refractivity contribution in [3.8, 4) is 0 Å². The van der Waals surface area contributed by atoms with Gasteiger partial charge >= 0.3 is 0 Å². The fourth-order valence-electron chi connectivity index (χ4n) is 1.43. The Bertz CT molecular complexity index is 479. The maximum absolute atomic E-state index is 12.0. The van der Waals surface area contributed by atoms with Crippen LogP contribution in [0.2, 0.25) is 5.02 Å². The molecule has 0 spiro atoms. The second kappa shape index (κ2) is 6.50. The summed E-state index contributed by atoms with van der Waals surface area (Å²) in [6, 6.07) is 4.68. The average molecular weight is 350 g/mol. The molecule has 1 unspecified atom stereocenters. The van der Waals surface area contributed by atoms with Crippen molar-refractivity contribution in [3.05, 3.63) is 33.3 Å². The largest absolute Gasteiger partial charge is 0.392 e. The third kappa shape index (κ3) is 3.93. The minimum absolute atomic E-state index is 0.136. The number of carbonyl (C=O) groups excluding carboxylic acids is 1. The number of hydrogen-bond acceptors (Lipinski definition) is 2. The topological polar surface area (TPSA) is 55.1 Å². The molecule has 1 rings (SSSR count). The zero-order valence-corrected chi connectivity index (χ0v) is 13.2. The van der Waals surface area contributed by atoms with Gasteiger partial charge in [0.1, 0.15) is 0 Å². The van der Waals surface area contributed by atoms with Crippen molar-refractivity contribution in [1.29, 1.82) is 0 Å². The first-order valence-electron chi connectivity index (χ1n) is 5.38. The Morgan fingerprint density at radius 3 is 2.56 bits per heavy atom. The Morgan fingerprint density at radius 2 is 2.11 bits per heavy atom. The minimum Gasteiger partial charge on any atom is -0.392 e. The Morgan fingerprint density at radius 1 is 1.50 bits per heavy atom. The van der Waals surface area contributed by atoms with E-state index in [9.17, 15) is 4.79 Å². The number of nitrogens with one attached hydrogen (secondary N) is 1. The summed E-state index contributed by atoms with van der Waals surface area (Å²) in [4.78, 5) is 12.3. The van der Waals surface area contributed by atoms with Crippen LogP contribution in [0, 0.1) is 5.92 Å². The highest BCUT2D eigenvalue weighted by Gasteiger charge is 2.19. The average Bonchev–Trinajstić information content (AvgIpc) is 2.28. The van der Waals surface area contributed by atoms with Crippen LogP contribution in [0.3, 0.4) is 0 Å². The highest BCUT2D eigenvalue weighted by Crippen LogP contribution is 2.23. The van der Waals surface area contributed by atoms with Crippen molar-refractivity contribution in [1.82, 2.24) is 5.32 Å². The lowest BCUT2D eigenvalue weighted by atomic mass is 10.0. The van der Waals surface area contributed by atoms with E-state index in [0.717, 1.165) is 4.47 Å². The molecule has 98 valence electrons. The fourth-order valence-corrected chi connectivity index (χ4v) is 2.19. The molecule has 1 aromatic carbocycles. The van der Waals surface area contributed by atoms with Gasteiger partial charge in [-0.25, -0.2) is 0 Å². The molecule has 0 saturated heterocycles. The maximum atomic E-state index is 12.0. The predicted molar refractivity (Wildman–Crippen MR) is 82.0 cm³/mol. The maximum Gasteiger partial charge on any atom is 0.251 e. The number of thiocarbonyl (C=S) groups is 1. The third-order valence-electron chi connectivity index (χ3n) is 2.44. The van der Waals surface area contributed by atoms with Gasteiger partial charge in [-0.05, 0) is 40.0 Å². The van der Waals surface area contributed by atoms with E-state index in [1.54, 1.807) is 18.2 Å². The summed E-state index contributed by atoms with van der Waals surface area (Å²) in [7, 11) is 0. The van der Waals surface area contributed by atoms with Gasteiger partial charge in [0, 0.05) is 10.0 Å². The van der Waals surface area contributed by atoms with Gasteiger partial charge in [-0.1, -0.05) is 37.7 Å². The molecule has 0 fully saturated rings. The zero-order chi connectivity index (χ0) is 13.9. The molecule has 0 saturated carbocycles. The molecule has 3 N–H and O–H groups in total. The lowest BCUT2D eigenvalue weighted by Gasteiger charge is -2.21. The Balaban J connectivity index is 2.87. The molecule has 18 heavy (non-hydrogen) atoms. The molecule has 0 heterocycles. The van der Waals surface area contributed by atoms with Gasteiger partial charge in [-0.15, -0.1) is 0 Å². The van der Waals surface area contributed by atoms with Crippen LogP contribution in [0.1, 0.15) is 24.2 Å². The van der Waals surface area contributed by atoms with Gasteiger partial charge in [0.25, 0.3) is 5.91 Å². The van der Waals surface area contributed by atoms with Crippen molar-refractivity contribution < 1.29 is 4.79 Å². The zero-order valence-electron chi connectivity index (χ0n) is 10.0. The van der Waals surface area contributed by atoms with Crippen LogP contribution < -0.4 is 11.1 Å². The van der Waals surface area contributed by atoms with Gasteiger partial charge in [-0.2, -0.15) is 0 Å². The lowest BCUT2D eigenvalue weighted by Crippen LogP contribution is -2.46. The smallest absolute Gasteiger partial charge is 0.251 e. The van der Waals surface area contributed by atoms with E-state index >= 15 is 0 Å². The number of carbonyl (C=O) groups is 1. The summed E-state index contributed by atoms with van der Waals surface area (Å²) in [5.74, 6) is -0.103. The van der Waals surface area contributed by atoms with Gasteiger partial charge in [0.2, 0.25) is 0 Å². The highest BCUT2D eigenvalue weighted by molar-refractivity contribution is 9.10. The fraction of sp³-hybridized carbons (Fsp3) is 0.333. The van der Waals surface area contributed by atoms with E-state index in [-0.39, 0.29) is 22.9 Å². The summed E-state index contributed by atoms with van der Waals surface area (Å²) in [6.45, 7) is 3.89. The molecule has 0 aliphatic carbocycles. The van der Waals surface area contributed by atoms with Crippen LogP contribution in [0.25, 0.3) is 0 Å². The summed E-state index contributed by atoms with van der Waals surface area (Å²) in [5, 5.41) is 3.29. The first-order valence-corrected chi connectivity index (χ1v) is 6.96. The molecule has 0 radical (unpaired) electrons. The van der Waals surface area contributed by atoms with Crippen molar-refractivity contribution in [3.63, 3.8) is 0 Å². The van der Waals surface area contributed by atoms with E-state index in [1.165, 1.54) is 0 Å². The number of rotatable bonds is 4. The molecule has 0 aliphatic rings. The second-order valence-electron chi connectivity index (χ2n) is 4.23. The first-order chi connectivity index (χ1) is 8.32. The van der Waals surface area contributed by atoms with E-state index in [0.29, 0.717) is 10.6 Å². The minimum atomic E-state index is -0.324. The molecule has 0 aromatic heterocycles. The summed E-state index contributed by atoms with van der Waals surface area (Å²) in [5.41, 5.74) is 6.08. The van der Waals surface area contributed by atoms with E-state index < -0.39 is 0 Å². The van der Waals surface area contributed by atoms with Crippen molar-refractivity contribution in [2.45, 2.75) is 19.9 Å². The van der Waals surface area contributed by atoms with E-state index in [1.807, 2.05) is 13.8 Å². The molecular formula is C12H14BrClN2OS. The van der Waals surface area contributed by atoms with Crippen LogP contribution in [0.5, 0.6) is 0 Å². The Hall–Kier alpha value is -0.650. The van der Waals surface area contributed by atoms with E-state index in [4.69, 9.17) is 29.6 Å². The second-order valence-corrected chi connectivity index (χ2v) is 5.96. The number of benzene rings is 1. The normalized spacial score (nSPS) is 12.3. The number of hydrogen-bond donors (Lipinski definition) is 2. The number of nitrogens with two attached hydrogens (primary N) is 1.